The van der Waals surface area contributed by atoms with Crippen molar-refractivity contribution in [3.8, 4) is 11.5 Å². The van der Waals surface area contributed by atoms with Gasteiger partial charge in [-0.25, -0.2) is 0 Å². The predicted octanol–water partition coefficient (Wildman–Crippen LogP) is 1.25. The van der Waals surface area contributed by atoms with Gasteiger partial charge in [-0.2, -0.15) is 8.42 Å². The zero-order valence-electron chi connectivity index (χ0n) is 8.71. The summed E-state index contributed by atoms with van der Waals surface area (Å²) >= 11 is 1.51. The van der Waals surface area contributed by atoms with Crippen LogP contribution in [-0.4, -0.2) is 34.0 Å². The second-order valence-corrected chi connectivity index (χ2v) is 5.85. The molecular weight excluding hydrogens is 252 g/mol. The first-order valence-corrected chi connectivity index (χ1v) is 7.50. The van der Waals surface area contributed by atoms with Gasteiger partial charge in [-0.15, -0.1) is 11.3 Å². The summed E-state index contributed by atoms with van der Waals surface area (Å²) in [5.41, 5.74) is 0. The molecule has 0 radical (unpaired) electrons. The SMILES string of the molecule is CS(=O)(=O)OCCC1COc2cscc2O1. The Morgan fingerprint density at radius 2 is 2.25 bits per heavy atom. The molecule has 0 aromatic carbocycles. The van der Waals surface area contributed by atoms with Gasteiger partial charge in [-0.05, 0) is 0 Å². The molecular formula is C9H12O5S2. The van der Waals surface area contributed by atoms with Gasteiger partial charge in [0.05, 0.1) is 12.9 Å². The van der Waals surface area contributed by atoms with Gasteiger partial charge in [0.1, 0.15) is 12.7 Å². The Bertz CT molecular complexity index is 450. The summed E-state index contributed by atoms with van der Waals surface area (Å²) in [6.07, 6.45) is 1.37. The Hall–Kier alpha value is -0.790. The van der Waals surface area contributed by atoms with E-state index in [1.165, 1.54) is 11.3 Å². The summed E-state index contributed by atoms with van der Waals surface area (Å²) in [5, 5.41) is 3.73. The van der Waals surface area contributed by atoms with E-state index in [1.807, 2.05) is 10.8 Å². The maximum Gasteiger partial charge on any atom is 0.264 e. The maximum absolute atomic E-state index is 10.7. The molecule has 1 aliphatic heterocycles. The summed E-state index contributed by atoms with van der Waals surface area (Å²) in [4.78, 5) is 0. The van der Waals surface area contributed by atoms with E-state index in [4.69, 9.17) is 9.47 Å². The monoisotopic (exact) mass is 264 g/mol. The minimum absolute atomic E-state index is 0.117. The van der Waals surface area contributed by atoms with Gasteiger partial charge in [-0.1, -0.05) is 0 Å². The summed E-state index contributed by atoms with van der Waals surface area (Å²) in [7, 11) is -3.37. The van der Waals surface area contributed by atoms with Gasteiger partial charge in [0, 0.05) is 17.2 Å². The molecule has 0 bridgehead atoms. The smallest absolute Gasteiger partial charge is 0.264 e. The van der Waals surface area contributed by atoms with Crippen LogP contribution >= 0.6 is 11.3 Å². The first-order chi connectivity index (χ1) is 7.54. The van der Waals surface area contributed by atoms with Crippen LogP contribution < -0.4 is 9.47 Å². The molecule has 0 saturated heterocycles. The van der Waals surface area contributed by atoms with Crippen LogP contribution in [0.25, 0.3) is 0 Å². The molecule has 0 fully saturated rings. The Morgan fingerprint density at radius 3 is 3.00 bits per heavy atom. The van der Waals surface area contributed by atoms with Crippen molar-refractivity contribution in [2.75, 3.05) is 19.5 Å². The Morgan fingerprint density at radius 1 is 1.50 bits per heavy atom. The van der Waals surface area contributed by atoms with Crippen molar-refractivity contribution in [1.29, 1.82) is 0 Å². The normalized spacial score (nSPS) is 19.7. The first kappa shape index (κ1) is 11.7. The molecule has 1 aromatic rings. The molecule has 7 heteroatoms. The topological polar surface area (TPSA) is 61.8 Å². The number of hydrogen-bond acceptors (Lipinski definition) is 6. The van der Waals surface area contributed by atoms with E-state index < -0.39 is 10.1 Å². The van der Waals surface area contributed by atoms with Crippen LogP contribution in [-0.2, 0) is 14.3 Å². The average molecular weight is 264 g/mol. The first-order valence-electron chi connectivity index (χ1n) is 4.74. The standard InChI is InChI=1S/C9H12O5S2/c1-16(10,11)13-3-2-7-4-12-8-5-15-6-9(8)14-7/h5-7H,2-4H2,1H3. The molecule has 90 valence electrons. The molecule has 0 amide bonds. The lowest BCUT2D eigenvalue weighted by Crippen LogP contribution is -2.30. The van der Waals surface area contributed by atoms with Crippen LogP contribution in [0.5, 0.6) is 11.5 Å². The number of ether oxygens (including phenoxy) is 2. The van der Waals surface area contributed by atoms with Crippen LogP contribution in [0.1, 0.15) is 6.42 Å². The molecule has 0 saturated carbocycles. The van der Waals surface area contributed by atoms with E-state index in [2.05, 4.69) is 4.18 Å². The third kappa shape index (κ3) is 3.10. The third-order valence-corrected chi connectivity index (χ3v) is 3.34. The van der Waals surface area contributed by atoms with E-state index in [9.17, 15) is 8.42 Å². The van der Waals surface area contributed by atoms with E-state index in [-0.39, 0.29) is 12.7 Å². The van der Waals surface area contributed by atoms with Crippen molar-refractivity contribution >= 4 is 21.5 Å². The van der Waals surface area contributed by atoms with Crippen molar-refractivity contribution in [3.63, 3.8) is 0 Å². The highest BCUT2D eigenvalue weighted by atomic mass is 32.2. The van der Waals surface area contributed by atoms with E-state index in [1.54, 1.807) is 0 Å². The van der Waals surface area contributed by atoms with Gasteiger partial charge in [0.15, 0.2) is 11.5 Å². The number of fused-ring (bicyclic) bond motifs is 1. The third-order valence-electron chi connectivity index (χ3n) is 2.05. The largest absolute Gasteiger partial charge is 0.485 e. The van der Waals surface area contributed by atoms with Gasteiger partial charge < -0.3 is 9.47 Å². The zero-order valence-corrected chi connectivity index (χ0v) is 10.3. The fourth-order valence-electron chi connectivity index (χ4n) is 1.33. The van der Waals surface area contributed by atoms with Crippen LogP contribution in [0.15, 0.2) is 10.8 Å². The highest BCUT2D eigenvalue weighted by Gasteiger charge is 2.21. The molecule has 2 rings (SSSR count). The quantitative estimate of drug-likeness (QED) is 0.766. The van der Waals surface area contributed by atoms with Crippen molar-refractivity contribution in [1.82, 2.24) is 0 Å². The fraction of sp³-hybridized carbons (Fsp3) is 0.556. The van der Waals surface area contributed by atoms with Crippen LogP contribution in [0, 0.1) is 0 Å². The highest BCUT2D eigenvalue weighted by Crippen LogP contribution is 2.35. The molecule has 1 aliphatic rings. The fourth-order valence-corrected chi connectivity index (χ4v) is 2.40. The van der Waals surface area contributed by atoms with Gasteiger partial charge in [0.25, 0.3) is 10.1 Å². The average Bonchev–Trinajstić information content (AvgIpc) is 2.62. The Kier molecular flexibility index (Phi) is 3.36. The predicted molar refractivity (Wildman–Crippen MR) is 59.6 cm³/mol. The minimum atomic E-state index is -3.37. The van der Waals surface area contributed by atoms with E-state index in [0.29, 0.717) is 13.0 Å². The molecule has 0 spiro atoms. The number of hydrogen-bond donors (Lipinski definition) is 0. The highest BCUT2D eigenvalue weighted by molar-refractivity contribution is 7.85. The van der Waals surface area contributed by atoms with E-state index >= 15 is 0 Å². The molecule has 1 aromatic heterocycles. The summed E-state index contributed by atoms with van der Waals surface area (Å²) < 4.78 is 37.2. The summed E-state index contributed by atoms with van der Waals surface area (Å²) in [6, 6.07) is 0. The second kappa shape index (κ2) is 4.60. The minimum Gasteiger partial charge on any atom is -0.485 e. The van der Waals surface area contributed by atoms with Gasteiger partial charge >= 0.3 is 0 Å². The summed E-state index contributed by atoms with van der Waals surface area (Å²) in [6.45, 7) is 0.545. The Labute approximate surface area is 98.1 Å². The lowest BCUT2D eigenvalue weighted by molar-refractivity contribution is 0.0755. The van der Waals surface area contributed by atoms with Crippen LogP contribution in [0.2, 0.25) is 0 Å². The second-order valence-electron chi connectivity index (χ2n) is 3.47. The molecule has 0 N–H and O–H groups in total. The van der Waals surface area contributed by atoms with Crippen molar-refractivity contribution in [2.24, 2.45) is 0 Å². The molecule has 2 heterocycles. The zero-order chi connectivity index (χ0) is 11.6. The van der Waals surface area contributed by atoms with Crippen LogP contribution in [0.4, 0.5) is 0 Å². The molecule has 16 heavy (non-hydrogen) atoms. The lowest BCUT2D eigenvalue weighted by atomic mass is 10.2. The maximum atomic E-state index is 10.7. The molecule has 0 aliphatic carbocycles. The lowest BCUT2D eigenvalue weighted by Gasteiger charge is -2.24. The number of rotatable bonds is 4. The van der Waals surface area contributed by atoms with Gasteiger partial charge in [0.2, 0.25) is 0 Å². The van der Waals surface area contributed by atoms with Crippen molar-refractivity contribution in [3.05, 3.63) is 10.8 Å². The van der Waals surface area contributed by atoms with Crippen LogP contribution in [0.3, 0.4) is 0 Å². The Balaban J connectivity index is 1.81. The van der Waals surface area contributed by atoms with E-state index in [0.717, 1.165) is 17.8 Å². The summed E-state index contributed by atoms with van der Waals surface area (Å²) in [5.74, 6) is 1.48. The van der Waals surface area contributed by atoms with Gasteiger partial charge in [-0.3, -0.25) is 4.18 Å². The molecule has 5 nitrogen and oxygen atoms in total. The van der Waals surface area contributed by atoms with Crippen molar-refractivity contribution < 1.29 is 22.1 Å². The number of thiophene rings is 1. The molecule has 1 unspecified atom stereocenters. The molecule has 1 atom stereocenters. The van der Waals surface area contributed by atoms with Crippen molar-refractivity contribution in [2.45, 2.75) is 12.5 Å².